The van der Waals surface area contributed by atoms with Crippen LogP contribution in [0, 0.1) is 0 Å². The number of hydrogen-bond donors (Lipinski definition) is 1. The minimum atomic E-state index is -0.881. The minimum absolute atomic E-state index is 0.0334. The first-order valence-electron chi connectivity index (χ1n) is 6.23. The monoisotopic (exact) mass is 266 g/mol. The molecule has 1 N–H and O–H groups in total. The second kappa shape index (κ2) is 6.48. The Hall–Kier alpha value is -2.68. The summed E-state index contributed by atoms with van der Waals surface area (Å²) in [5.41, 5.74) is 2.19. The zero-order chi connectivity index (χ0) is 14.4. The van der Waals surface area contributed by atoms with Gasteiger partial charge in [-0.15, -0.1) is 0 Å². The van der Waals surface area contributed by atoms with Crippen LogP contribution < -0.4 is 0 Å². The van der Waals surface area contributed by atoms with Crippen molar-refractivity contribution < 1.29 is 14.7 Å². The molecule has 0 atom stereocenters. The van der Waals surface area contributed by atoms with Crippen LogP contribution in [0.1, 0.15) is 21.5 Å². The van der Waals surface area contributed by atoms with Crippen LogP contribution in [0.4, 0.5) is 0 Å². The van der Waals surface area contributed by atoms with E-state index < -0.39 is 5.97 Å². The summed E-state index contributed by atoms with van der Waals surface area (Å²) >= 11 is 0. The molecular weight excluding hydrogens is 252 g/mol. The molecule has 0 saturated heterocycles. The molecule has 2 rings (SSSR count). The molecule has 0 heterocycles. The first kappa shape index (κ1) is 13.7. The van der Waals surface area contributed by atoms with Gasteiger partial charge in [0.05, 0.1) is 6.42 Å². The Morgan fingerprint density at radius 2 is 1.60 bits per heavy atom. The zero-order valence-corrected chi connectivity index (χ0v) is 10.8. The van der Waals surface area contributed by atoms with E-state index in [-0.39, 0.29) is 12.2 Å². The second-order valence-electron chi connectivity index (χ2n) is 4.38. The van der Waals surface area contributed by atoms with Crippen LogP contribution in [-0.4, -0.2) is 16.9 Å². The van der Waals surface area contributed by atoms with Gasteiger partial charge in [-0.2, -0.15) is 0 Å². The van der Waals surface area contributed by atoms with Crippen LogP contribution in [0.5, 0.6) is 0 Å². The molecule has 0 amide bonds. The quantitative estimate of drug-likeness (QED) is 0.668. The largest absolute Gasteiger partial charge is 0.481 e. The summed E-state index contributed by atoms with van der Waals surface area (Å²) in [6, 6.07) is 16.2. The van der Waals surface area contributed by atoms with Crippen molar-refractivity contribution in [2.45, 2.75) is 6.42 Å². The van der Waals surface area contributed by atoms with E-state index in [1.807, 2.05) is 30.3 Å². The van der Waals surface area contributed by atoms with Crippen LogP contribution in [0.2, 0.25) is 0 Å². The van der Waals surface area contributed by atoms with E-state index in [4.69, 9.17) is 5.11 Å². The third-order valence-electron chi connectivity index (χ3n) is 2.82. The minimum Gasteiger partial charge on any atom is -0.481 e. The number of carbonyl (C=O) groups is 2. The lowest BCUT2D eigenvalue weighted by Gasteiger charge is -1.99. The number of ketones is 1. The lowest BCUT2D eigenvalue weighted by molar-refractivity contribution is -0.136. The summed E-state index contributed by atoms with van der Waals surface area (Å²) in [6.07, 6.45) is 3.24. The molecule has 0 unspecified atom stereocenters. The van der Waals surface area contributed by atoms with Crippen molar-refractivity contribution in [3.05, 3.63) is 77.4 Å². The van der Waals surface area contributed by atoms with Gasteiger partial charge in [0.25, 0.3) is 0 Å². The van der Waals surface area contributed by atoms with Gasteiger partial charge in [0.2, 0.25) is 0 Å². The molecule has 0 aliphatic rings. The maximum atomic E-state index is 11.9. The Bertz CT molecular complexity index is 625. The van der Waals surface area contributed by atoms with Gasteiger partial charge in [-0.3, -0.25) is 9.59 Å². The first-order valence-corrected chi connectivity index (χ1v) is 6.23. The molecule has 2 aromatic carbocycles. The Morgan fingerprint density at radius 1 is 0.950 bits per heavy atom. The van der Waals surface area contributed by atoms with E-state index in [1.165, 1.54) is 6.08 Å². The molecule has 0 radical (unpaired) electrons. The van der Waals surface area contributed by atoms with Crippen LogP contribution in [-0.2, 0) is 11.2 Å². The summed E-state index contributed by atoms with van der Waals surface area (Å²) in [4.78, 5) is 22.5. The van der Waals surface area contributed by atoms with Crippen molar-refractivity contribution in [2.75, 3.05) is 0 Å². The van der Waals surface area contributed by atoms with Gasteiger partial charge in [-0.05, 0) is 17.2 Å². The standard InChI is InChI=1S/C17H14O3/c18-16(11-8-13-4-2-1-3-5-13)15-9-6-14(7-10-15)12-17(19)20/h1-11H,12H2,(H,19,20)/b11-8+. The highest BCUT2D eigenvalue weighted by molar-refractivity contribution is 6.06. The van der Waals surface area contributed by atoms with E-state index >= 15 is 0 Å². The number of rotatable bonds is 5. The fourth-order valence-corrected chi connectivity index (χ4v) is 1.79. The normalized spacial score (nSPS) is 10.6. The molecule has 0 spiro atoms. The molecule has 2 aromatic rings. The van der Waals surface area contributed by atoms with Gasteiger partial charge in [0.15, 0.2) is 5.78 Å². The average Bonchev–Trinajstić information content (AvgIpc) is 2.46. The topological polar surface area (TPSA) is 54.4 Å². The average molecular weight is 266 g/mol. The molecule has 0 aromatic heterocycles. The lowest BCUT2D eigenvalue weighted by Crippen LogP contribution is -2.01. The molecule has 0 saturated carbocycles. The van der Waals surface area contributed by atoms with Crippen LogP contribution in [0.15, 0.2) is 60.7 Å². The Kier molecular flexibility index (Phi) is 4.45. The third kappa shape index (κ3) is 3.92. The molecular formula is C17H14O3. The van der Waals surface area contributed by atoms with Crippen LogP contribution in [0.3, 0.4) is 0 Å². The first-order chi connectivity index (χ1) is 9.65. The number of carboxylic acid groups (broad SMARTS) is 1. The van der Waals surface area contributed by atoms with E-state index in [2.05, 4.69) is 0 Å². The van der Waals surface area contributed by atoms with Gasteiger partial charge in [0.1, 0.15) is 0 Å². The summed E-state index contributed by atoms with van der Waals surface area (Å²) in [6.45, 7) is 0. The van der Waals surface area contributed by atoms with Crippen LogP contribution in [0.25, 0.3) is 6.08 Å². The van der Waals surface area contributed by atoms with E-state index in [1.54, 1.807) is 30.3 Å². The highest BCUT2D eigenvalue weighted by atomic mass is 16.4. The number of carboxylic acids is 1. The summed E-state index contributed by atoms with van der Waals surface area (Å²) < 4.78 is 0. The predicted octanol–water partition coefficient (Wildman–Crippen LogP) is 3.21. The molecule has 0 fully saturated rings. The lowest BCUT2D eigenvalue weighted by atomic mass is 10.1. The SMILES string of the molecule is O=C(O)Cc1ccc(C(=O)/C=C/c2ccccc2)cc1. The predicted molar refractivity (Wildman–Crippen MR) is 77.6 cm³/mol. The van der Waals surface area contributed by atoms with E-state index in [0.29, 0.717) is 11.1 Å². The molecule has 20 heavy (non-hydrogen) atoms. The van der Waals surface area contributed by atoms with Crippen molar-refractivity contribution in [1.29, 1.82) is 0 Å². The van der Waals surface area contributed by atoms with Crippen molar-refractivity contribution in [2.24, 2.45) is 0 Å². The Labute approximate surface area is 117 Å². The van der Waals surface area contributed by atoms with Crippen molar-refractivity contribution in [1.82, 2.24) is 0 Å². The van der Waals surface area contributed by atoms with Crippen LogP contribution >= 0.6 is 0 Å². The van der Waals surface area contributed by atoms with Crippen molar-refractivity contribution in [3.8, 4) is 0 Å². The Morgan fingerprint density at radius 3 is 2.20 bits per heavy atom. The number of allylic oxidation sites excluding steroid dienone is 1. The van der Waals surface area contributed by atoms with Crippen molar-refractivity contribution in [3.63, 3.8) is 0 Å². The molecule has 100 valence electrons. The molecule has 3 heteroatoms. The fourth-order valence-electron chi connectivity index (χ4n) is 1.79. The summed E-state index contributed by atoms with van der Waals surface area (Å²) in [7, 11) is 0. The number of benzene rings is 2. The van der Waals surface area contributed by atoms with E-state index in [0.717, 1.165) is 5.56 Å². The summed E-state index contributed by atoms with van der Waals surface area (Å²) in [5, 5.41) is 8.68. The smallest absolute Gasteiger partial charge is 0.307 e. The van der Waals surface area contributed by atoms with E-state index in [9.17, 15) is 9.59 Å². The highest BCUT2D eigenvalue weighted by Crippen LogP contribution is 2.08. The molecule has 0 aliphatic heterocycles. The van der Waals surface area contributed by atoms with Gasteiger partial charge < -0.3 is 5.11 Å². The zero-order valence-electron chi connectivity index (χ0n) is 10.8. The molecule has 3 nitrogen and oxygen atoms in total. The second-order valence-corrected chi connectivity index (χ2v) is 4.38. The third-order valence-corrected chi connectivity index (χ3v) is 2.82. The van der Waals surface area contributed by atoms with Gasteiger partial charge in [0, 0.05) is 5.56 Å². The molecule has 0 bridgehead atoms. The number of hydrogen-bond acceptors (Lipinski definition) is 2. The fraction of sp³-hybridized carbons (Fsp3) is 0.0588. The number of carbonyl (C=O) groups excluding carboxylic acids is 1. The highest BCUT2D eigenvalue weighted by Gasteiger charge is 2.04. The van der Waals surface area contributed by atoms with Gasteiger partial charge >= 0.3 is 5.97 Å². The Balaban J connectivity index is 2.06. The molecule has 0 aliphatic carbocycles. The van der Waals surface area contributed by atoms with Gasteiger partial charge in [-0.25, -0.2) is 0 Å². The van der Waals surface area contributed by atoms with Crippen molar-refractivity contribution >= 4 is 17.8 Å². The number of aliphatic carboxylic acids is 1. The summed E-state index contributed by atoms with van der Waals surface area (Å²) in [5.74, 6) is -0.983. The van der Waals surface area contributed by atoms with Gasteiger partial charge in [-0.1, -0.05) is 60.7 Å². The maximum Gasteiger partial charge on any atom is 0.307 e. The maximum absolute atomic E-state index is 11.9.